The average Bonchev–Trinajstić information content (AvgIpc) is 2.68. The van der Waals surface area contributed by atoms with Crippen molar-refractivity contribution >= 4 is 0 Å². The van der Waals surface area contributed by atoms with Gasteiger partial charge in [0.2, 0.25) is 0 Å². The van der Waals surface area contributed by atoms with E-state index in [-0.39, 0.29) is 0 Å². The van der Waals surface area contributed by atoms with Crippen molar-refractivity contribution in [1.82, 2.24) is 0 Å². The van der Waals surface area contributed by atoms with Gasteiger partial charge in [-0.1, -0.05) is 55.9 Å². The van der Waals surface area contributed by atoms with Gasteiger partial charge in [0.1, 0.15) is 5.75 Å². The smallest absolute Gasteiger partial charge is 0.134 e. The van der Waals surface area contributed by atoms with Crippen LogP contribution in [-0.4, -0.2) is 7.11 Å². The zero-order valence-electron chi connectivity index (χ0n) is 15.4. The highest BCUT2D eigenvalue weighted by molar-refractivity contribution is 5.51. The first-order chi connectivity index (χ1) is 12.3. The fourth-order valence-corrected chi connectivity index (χ4v) is 3.92. The summed E-state index contributed by atoms with van der Waals surface area (Å²) in [6, 6.07) is 16.7. The largest absolute Gasteiger partial charge is 0.495 e. The third-order valence-electron chi connectivity index (χ3n) is 5.36. The first kappa shape index (κ1) is 17.6. The van der Waals surface area contributed by atoms with Gasteiger partial charge in [-0.05, 0) is 67.3 Å². The highest BCUT2D eigenvalue weighted by Gasteiger charge is 2.22. The van der Waals surface area contributed by atoms with Crippen molar-refractivity contribution in [3.63, 3.8) is 0 Å². The molecule has 0 spiro atoms. The molecule has 1 fully saturated rings. The van der Waals surface area contributed by atoms with E-state index in [1.807, 2.05) is 30.3 Å². The van der Waals surface area contributed by atoms with Crippen molar-refractivity contribution in [2.75, 3.05) is 7.11 Å². The molecule has 3 rings (SSSR count). The number of methoxy groups -OCH3 is 1. The van der Waals surface area contributed by atoms with Gasteiger partial charge >= 0.3 is 0 Å². The lowest BCUT2D eigenvalue weighted by molar-refractivity contribution is 0.307. The van der Waals surface area contributed by atoms with Gasteiger partial charge in [-0.15, -0.1) is 0 Å². The quantitative estimate of drug-likeness (QED) is 0.608. The first-order valence-electron chi connectivity index (χ1n) is 9.55. The Morgan fingerprint density at radius 2 is 1.72 bits per heavy atom. The summed E-state index contributed by atoms with van der Waals surface area (Å²) in [6.07, 6.45) is 8.07. The summed E-state index contributed by atoms with van der Waals surface area (Å²) >= 11 is 0. The van der Waals surface area contributed by atoms with E-state index in [4.69, 9.17) is 4.74 Å². The monoisotopic (exact) mass is 332 g/mol. The molecule has 0 amide bonds. The van der Waals surface area contributed by atoms with Crippen LogP contribution in [0.2, 0.25) is 0 Å². The third-order valence-corrected chi connectivity index (χ3v) is 5.36. The van der Waals surface area contributed by atoms with Gasteiger partial charge < -0.3 is 4.74 Å². The van der Waals surface area contributed by atoms with Crippen LogP contribution in [0.1, 0.15) is 68.1 Å². The van der Waals surface area contributed by atoms with Gasteiger partial charge in [0.05, 0.1) is 12.7 Å². The molecule has 0 bridgehead atoms. The summed E-state index contributed by atoms with van der Waals surface area (Å²) in [5, 5.41) is 0. The fraction of sp³-hybridized carbons (Fsp3) is 0.417. The molecule has 2 aromatic rings. The van der Waals surface area contributed by atoms with Crippen molar-refractivity contribution in [3.05, 3.63) is 65.2 Å². The van der Waals surface area contributed by atoms with Crippen LogP contribution in [-0.2, 0) is 0 Å². The Labute approximate surface area is 152 Å². The Bertz CT molecular complexity index is 728. The topological polar surface area (TPSA) is 9.23 Å². The molecular weight excluding hydrogens is 304 g/mol. The molecule has 0 aromatic heterocycles. The standard InChI is InChI=1S/C24H28O/c1-3-7-19-10-13-21(14-11-19)23-17-16-22(24(18-23)25-2)15-12-20-8-5-4-6-9-20/h4-6,8-9,16-19,21H,3,7,10-11,13-14H2,1-2H3. The highest BCUT2D eigenvalue weighted by atomic mass is 16.5. The predicted molar refractivity (Wildman–Crippen MR) is 105 cm³/mol. The predicted octanol–water partition coefficient (Wildman–Crippen LogP) is 6.17. The second-order valence-electron chi connectivity index (χ2n) is 7.08. The summed E-state index contributed by atoms with van der Waals surface area (Å²) in [5.74, 6) is 9.01. The molecule has 0 atom stereocenters. The molecule has 0 unspecified atom stereocenters. The first-order valence-corrected chi connectivity index (χ1v) is 9.55. The second kappa shape index (κ2) is 8.77. The van der Waals surface area contributed by atoms with Gasteiger partial charge in [0.15, 0.2) is 0 Å². The average molecular weight is 332 g/mol. The molecule has 130 valence electrons. The van der Waals surface area contributed by atoms with Gasteiger partial charge in [0.25, 0.3) is 0 Å². The highest BCUT2D eigenvalue weighted by Crippen LogP contribution is 2.38. The van der Waals surface area contributed by atoms with Crippen molar-refractivity contribution < 1.29 is 4.74 Å². The molecule has 1 nitrogen and oxygen atoms in total. The summed E-state index contributed by atoms with van der Waals surface area (Å²) in [6.45, 7) is 2.30. The van der Waals surface area contributed by atoms with Gasteiger partial charge in [0, 0.05) is 5.56 Å². The van der Waals surface area contributed by atoms with E-state index in [2.05, 4.69) is 37.0 Å². The molecule has 0 N–H and O–H groups in total. The van der Waals surface area contributed by atoms with E-state index in [0.717, 1.165) is 22.8 Å². The Hall–Kier alpha value is -2.20. The Morgan fingerprint density at radius 1 is 0.960 bits per heavy atom. The minimum atomic E-state index is 0.679. The second-order valence-corrected chi connectivity index (χ2v) is 7.08. The number of rotatable bonds is 4. The summed E-state index contributed by atoms with van der Waals surface area (Å²) < 4.78 is 5.62. The molecule has 2 aromatic carbocycles. The summed E-state index contributed by atoms with van der Waals surface area (Å²) in [5.41, 5.74) is 3.41. The maximum atomic E-state index is 5.62. The lowest BCUT2D eigenvalue weighted by Crippen LogP contribution is -2.13. The molecule has 0 radical (unpaired) electrons. The maximum absolute atomic E-state index is 5.62. The lowest BCUT2D eigenvalue weighted by atomic mass is 9.77. The number of ether oxygens (including phenoxy) is 1. The number of benzene rings is 2. The van der Waals surface area contributed by atoms with E-state index in [1.165, 1.54) is 44.1 Å². The zero-order chi connectivity index (χ0) is 17.5. The minimum absolute atomic E-state index is 0.679. The fourth-order valence-electron chi connectivity index (χ4n) is 3.92. The third kappa shape index (κ3) is 4.67. The molecule has 0 aliphatic heterocycles. The zero-order valence-corrected chi connectivity index (χ0v) is 15.4. The van der Waals surface area contributed by atoms with Crippen LogP contribution in [0, 0.1) is 17.8 Å². The minimum Gasteiger partial charge on any atom is -0.495 e. The molecule has 0 heterocycles. The van der Waals surface area contributed by atoms with Crippen molar-refractivity contribution in [2.45, 2.75) is 51.4 Å². The number of hydrogen-bond acceptors (Lipinski definition) is 1. The molecular formula is C24H28O. The molecule has 25 heavy (non-hydrogen) atoms. The summed E-state index contributed by atoms with van der Waals surface area (Å²) in [7, 11) is 1.74. The molecule has 1 saturated carbocycles. The van der Waals surface area contributed by atoms with Gasteiger partial charge in [-0.25, -0.2) is 0 Å². The maximum Gasteiger partial charge on any atom is 0.134 e. The van der Waals surface area contributed by atoms with Gasteiger partial charge in [-0.2, -0.15) is 0 Å². The van der Waals surface area contributed by atoms with E-state index >= 15 is 0 Å². The molecule has 0 saturated heterocycles. The van der Waals surface area contributed by atoms with Crippen LogP contribution in [0.3, 0.4) is 0 Å². The van der Waals surface area contributed by atoms with Crippen LogP contribution >= 0.6 is 0 Å². The van der Waals surface area contributed by atoms with Crippen molar-refractivity contribution in [1.29, 1.82) is 0 Å². The van der Waals surface area contributed by atoms with E-state index < -0.39 is 0 Å². The van der Waals surface area contributed by atoms with Crippen LogP contribution in [0.5, 0.6) is 5.75 Å². The molecule has 1 aliphatic carbocycles. The normalized spacial score (nSPS) is 19.8. The molecule has 1 aliphatic rings. The lowest BCUT2D eigenvalue weighted by Gasteiger charge is -2.28. The van der Waals surface area contributed by atoms with Crippen LogP contribution in [0.4, 0.5) is 0 Å². The van der Waals surface area contributed by atoms with Crippen LogP contribution in [0.15, 0.2) is 48.5 Å². The Balaban J connectivity index is 1.73. The Morgan fingerprint density at radius 3 is 2.40 bits per heavy atom. The van der Waals surface area contributed by atoms with Gasteiger partial charge in [-0.3, -0.25) is 0 Å². The van der Waals surface area contributed by atoms with E-state index in [9.17, 15) is 0 Å². The SMILES string of the molecule is CCCC1CCC(c2ccc(C#Cc3ccccc3)c(OC)c2)CC1. The van der Waals surface area contributed by atoms with Crippen LogP contribution < -0.4 is 4.74 Å². The van der Waals surface area contributed by atoms with E-state index in [0.29, 0.717) is 5.92 Å². The van der Waals surface area contributed by atoms with Crippen molar-refractivity contribution in [2.24, 2.45) is 5.92 Å². The Kier molecular flexibility index (Phi) is 6.18. The van der Waals surface area contributed by atoms with Crippen LogP contribution in [0.25, 0.3) is 0 Å². The van der Waals surface area contributed by atoms with E-state index in [1.54, 1.807) is 7.11 Å². The van der Waals surface area contributed by atoms with Crippen molar-refractivity contribution in [3.8, 4) is 17.6 Å². The number of hydrogen-bond donors (Lipinski definition) is 0. The molecule has 1 heteroatoms. The summed E-state index contributed by atoms with van der Waals surface area (Å²) in [4.78, 5) is 0.